The van der Waals surface area contributed by atoms with Gasteiger partial charge in [0.05, 0.1) is 16.1 Å². The molecule has 0 spiro atoms. The van der Waals surface area contributed by atoms with Crippen LogP contribution in [-0.2, 0) is 14.8 Å². The molecule has 5 rings (SSSR count). The Labute approximate surface area is 204 Å². The molecule has 12 heteroatoms. The number of H-pyrrole nitrogens is 1. The number of azo groups is 1. The Kier molecular flexibility index (Phi) is 6.02. The molecule has 0 atom stereocenters. The standard InChI is InChI=1S/C24H19FN4O6S/c25-15-5-7-16(8-6-15)29(36(32,33)17-9-10-20-21(13-17)35-12-11-34-20)14-22(30)27-28-23-18-3-1-2-4-19(18)26-24(23)31/h1-10,13,26,31H,11-12,14H2. The van der Waals surface area contributed by atoms with E-state index in [0.717, 1.165) is 16.4 Å². The zero-order chi connectivity index (χ0) is 25.3. The number of nitrogens with zero attached hydrogens (tertiary/aromatic N) is 3. The van der Waals surface area contributed by atoms with Crippen molar-refractivity contribution in [3.63, 3.8) is 0 Å². The number of rotatable bonds is 6. The molecular formula is C24H19FN4O6S. The average Bonchev–Trinajstić information content (AvgIpc) is 3.21. The molecule has 0 bridgehead atoms. The molecule has 36 heavy (non-hydrogen) atoms. The van der Waals surface area contributed by atoms with Gasteiger partial charge < -0.3 is 19.6 Å². The molecule has 3 aromatic carbocycles. The molecule has 1 aromatic heterocycles. The smallest absolute Gasteiger partial charge is 0.285 e. The molecule has 184 valence electrons. The van der Waals surface area contributed by atoms with E-state index in [-0.39, 0.29) is 34.5 Å². The number of anilines is 1. The van der Waals surface area contributed by atoms with E-state index in [1.165, 1.54) is 30.3 Å². The number of fused-ring (bicyclic) bond motifs is 2. The molecule has 0 radical (unpaired) electrons. The summed E-state index contributed by atoms with van der Waals surface area (Å²) in [6.45, 7) is -0.126. The van der Waals surface area contributed by atoms with E-state index in [2.05, 4.69) is 15.2 Å². The third-order valence-corrected chi connectivity index (χ3v) is 7.19. The van der Waals surface area contributed by atoms with Crippen LogP contribution in [-0.4, -0.2) is 44.2 Å². The lowest BCUT2D eigenvalue weighted by Gasteiger charge is -2.24. The second-order valence-electron chi connectivity index (χ2n) is 7.76. The number of carbonyl (C=O) groups excluding carboxylic acids is 1. The highest BCUT2D eigenvalue weighted by Crippen LogP contribution is 2.36. The zero-order valence-corrected chi connectivity index (χ0v) is 19.4. The van der Waals surface area contributed by atoms with Crippen molar-refractivity contribution >= 4 is 38.2 Å². The van der Waals surface area contributed by atoms with Crippen LogP contribution in [0.15, 0.2) is 81.9 Å². The monoisotopic (exact) mass is 510 g/mol. The summed E-state index contributed by atoms with van der Waals surface area (Å²) in [6, 6.07) is 15.6. The highest BCUT2D eigenvalue weighted by Gasteiger charge is 2.29. The van der Waals surface area contributed by atoms with Crippen molar-refractivity contribution in [2.24, 2.45) is 10.2 Å². The number of sulfonamides is 1. The van der Waals surface area contributed by atoms with Gasteiger partial charge >= 0.3 is 0 Å². The van der Waals surface area contributed by atoms with Crippen LogP contribution in [0.3, 0.4) is 0 Å². The van der Waals surface area contributed by atoms with Gasteiger partial charge in [0.15, 0.2) is 17.2 Å². The van der Waals surface area contributed by atoms with E-state index in [1.54, 1.807) is 24.3 Å². The van der Waals surface area contributed by atoms with Crippen molar-refractivity contribution in [3.05, 3.63) is 72.5 Å². The van der Waals surface area contributed by atoms with E-state index in [9.17, 15) is 22.7 Å². The van der Waals surface area contributed by atoms with Gasteiger partial charge in [0, 0.05) is 11.5 Å². The number of aromatic hydroxyl groups is 1. The molecule has 2 N–H and O–H groups in total. The summed E-state index contributed by atoms with van der Waals surface area (Å²) in [5.41, 5.74) is 0.678. The SMILES string of the molecule is O=C(CN(c1ccc(F)cc1)S(=O)(=O)c1ccc2c(c1)OCCO2)N=Nc1c(O)[nH]c2ccccc12. The number of aromatic nitrogens is 1. The molecule has 4 aromatic rings. The van der Waals surface area contributed by atoms with Gasteiger partial charge in [0.25, 0.3) is 15.9 Å². The fourth-order valence-corrected chi connectivity index (χ4v) is 5.14. The number of ether oxygens (including phenoxy) is 2. The van der Waals surface area contributed by atoms with Crippen molar-refractivity contribution < 1.29 is 32.2 Å². The number of hydrogen-bond donors (Lipinski definition) is 2. The van der Waals surface area contributed by atoms with Crippen LogP contribution in [0.2, 0.25) is 0 Å². The van der Waals surface area contributed by atoms with Crippen LogP contribution in [0, 0.1) is 5.82 Å². The van der Waals surface area contributed by atoms with Gasteiger partial charge in [-0.1, -0.05) is 18.2 Å². The van der Waals surface area contributed by atoms with Gasteiger partial charge in [0.2, 0.25) is 5.88 Å². The van der Waals surface area contributed by atoms with Gasteiger partial charge in [-0.3, -0.25) is 9.10 Å². The molecule has 0 unspecified atom stereocenters. The summed E-state index contributed by atoms with van der Waals surface area (Å²) >= 11 is 0. The van der Waals surface area contributed by atoms with Crippen LogP contribution in [0.1, 0.15) is 0 Å². The van der Waals surface area contributed by atoms with Crippen molar-refractivity contribution in [1.82, 2.24) is 4.98 Å². The largest absolute Gasteiger partial charge is 0.493 e. The van der Waals surface area contributed by atoms with Crippen molar-refractivity contribution in [2.75, 3.05) is 24.1 Å². The Morgan fingerprint density at radius 2 is 1.75 bits per heavy atom. The molecule has 1 aliphatic heterocycles. The molecule has 2 heterocycles. The van der Waals surface area contributed by atoms with Crippen molar-refractivity contribution in [3.8, 4) is 17.4 Å². The molecular weight excluding hydrogens is 491 g/mol. The Morgan fingerprint density at radius 3 is 2.53 bits per heavy atom. The van der Waals surface area contributed by atoms with Crippen molar-refractivity contribution in [1.29, 1.82) is 0 Å². The third kappa shape index (κ3) is 4.45. The highest BCUT2D eigenvalue weighted by molar-refractivity contribution is 7.92. The fourth-order valence-electron chi connectivity index (χ4n) is 3.71. The van der Waals surface area contributed by atoms with Crippen LogP contribution in [0.25, 0.3) is 10.9 Å². The summed E-state index contributed by atoms with van der Waals surface area (Å²) in [4.78, 5) is 15.3. The average molecular weight is 511 g/mol. The van der Waals surface area contributed by atoms with Gasteiger partial charge in [-0.15, -0.1) is 10.2 Å². The third-order valence-electron chi connectivity index (χ3n) is 5.42. The highest BCUT2D eigenvalue weighted by atomic mass is 32.2. The van der Waals surface area contributed by atoms with Crippen LogP contribution in [0.5, 0.6) is 17.4 Å². The molecule has 0 aliphatic carbocycles. The van der Waals surface area contributed by atoms with Gasteiger partial charge in [-0.25, -0.2) is 12.8 Å². The number of aromatic amines is 1. The van der Waals surface area contributed by atoms with E-state index in [0.29, 0.717) is 23.3 Å². The minimum atomic E-state index is -4.31. The Morgan fingerprint density at radius 1 is 1.03 bits per heavy atom. The van der Waals surface area contributed by atoms with Gasteiger partial charge in [-0.05, 0) is 42.5 Å². The Hall–Kier alpha value is -4.45. The number of carbonyl (C=O) groups is 1. The lowest BCUT2D eigenvalue weighted by atomic mass is 10.2. The second-order valence-corrected chi connectivity index (χ2v) is 9.62. The summed E-state index contributed by atoms with van der Waals surface area (Å²) in [7, 11) is -4.31. The first-order valence-electron chi connectivity index (χ1n) is 10.7. The van der Waals surface area contributed by atoms with Crippen LogP contribution >= 0.6 is 0 Å². The minimum Gasteiger partial charge on any atom is -0.493 e. The summed E-state index contributed by atoms with van der Waals surface area (Å²) in [5.74, 6) is -1.12. The van der Waals surface area contributed by atoms with Crippen molar-refractivity contribution in [2.45, 2.75) is 4.90 Å². The number of benzene rings is 3. The van der Waals surface area contributed by atoms with E-state index < -0.39 is 28.3 Å². The lowest BCUT2D eigenvalue weighted by molar-refractivity contribution is -0.116. The quantitative estimate of drug-likeness (QED) is 0.372. The molecule has 1 amide bonds. The maximum absolute atomic E-state index is 13.6. The van der Waals surface area contributed by atoms with E-state index in [1.807, 2.05) is 0 Å². The molecule has 1 aliphatic rings. The summed E-state index contributed by atoms with van der Waals surface area (Å²) < 4.78 is 52.4. The van der Waals surface area contributed by atoms with E-state index in [4.69, 9.17) is 9.47 Å². The number of para-hydroxylation sites is 1. The number of amides is 1. The number of hydrogen-bond acceptors (Lipinski definition) is 7. The van der Waals surface area contributed by atoms with E-state index >= 15 is 0 Å². The van der Waals surface area contributed by atoms with Gasteiger partial charge in [0.1, 0.15) is 25.6 Å². The van der Waals surface area contributed by atoms with Crippen LogP contribution < -0.4 is 13.8 Å². The predicted octanol–water partition coefficient (Wildman–Crippen LogP) is 4.29. The minimum absolute atomic E-state index is 0.0435. The lowest BCUT2D eigenvalue weighted by Crippen LogP contribution is -2.35. The topological polar surface area (TPSA) is 134 Å². The van der Waals surface area contributed by atoms with Crippen LogP contribution in [0.4, 0.5) is 15.8 Å². The number of nitrogens with one attached hydrogen (secondary N) is 1. The number of halogens is 1. The normalized spacial score (nSPS) is 13.2. The first kappa shape index (κ1) is 23.3. The Bertz CT molecular complexity index is 1580. The summed E-state index contributed by atoms with van der Waals surface area (Å²) in [6.07, 6.45) is 0. The summed E-state index contributed by atoms with van der Waals surface area (Å²) in [5, 5.41) is 18.1. The molecule has 0 saturated heterocycles. The maximum atomic E-state index is 13.6. The second kappa shape index (κ2) is 9.30. The first-order valence-corrected chi connectivity index (χ1v) is 12.2. The predicted molar refractivity (Wildman–Crippen MR) is 128 cm³/mol. The fraction of sp³-hybridized carbons (Fsp3) is 0.125. The Balaban J connectivity index is 1.48. The molecule has 10 nitrogen and oxygen atoms in total. The molecule has 0 fully saturated rings. The molecule has 0 saturated carbocycles. The first-order chi connectivity index (χ1) is 17.3. The zero-order valence-electron chi connectivity index (χ0n) is 18.6. The maximum Gasteiger partial charge on any atom is 0.285 e. The van der Waals surface area contributed by atoms with Gasteiger partial charge in [-0.2, -0.15) is 0 Å².